The van der Waals surface area contributed by atoms with Crippen molar-refractivity contribution >= 4 is 54.6 Å². The van der Waals surface area contributed by atoms with E-state index in [-0.39, 0.29) is 5.56 Å². The van der Waals surface area contributed by atoms with Gasteiger partial charge in [-0.2, -0.15) is 9.78 Å². The maximum absolute atomic E-state index is 13.5. The monoisotopic (exact) mass is 575 g/mol. The van der Waals surface area contributed by atoms with Crippen molar-refractivity contribution in [3.8, 4) is 5.75 Å². The number of halogens is 1. The molecule has 6 aromatic rings. The molecule has 0 spiro atoms. The summed E-state index contributed by atoms with van der Waals surface area (Å²) >= 11 is 3.47. The minimum absolute atomic E-state index is 0.195. The average Bonchev–Trinajstić information content (AvgIpc) is 2.96. The van der Waals surface area contributed by atoms with Gasteiger partial charge in [0.15, 0.2) is 0 Å². The largest absolute Gasteiger partial charge is 0.488 e. The van der Waals surface area contributed by atoms with E-state index in [1.54, 1.807) is 12.3 Å². The molecule has 0 aliphatic rings. The van der Waals surface area contributed by atoms with Gasteiger partial charge in [0.05, 0.1) is 17.1 Å². The Hall–Kier alpha value is -4.29. The van der Waals surface area contributed by atoms with Gasteiger partial charge in [0.25, 0.3) is 5.56 Å². The summed E-state index contributed by atoms with van der Waals surface area (Å²) in [4.78, 5) is 18.3. The van der Waals surface area contributed by atoms with Crippen molar-refractivity contribution in [1.29, 1.82) is 0 Å². The Kier molecular flexibility index (Phi) is 6.95. The molecule has 192 valence electrons. The lowest BCUT2D eigenvalue weighted by atomic mass is 10.0. The van der Waals surface area contributed by atoms with Crippen molar-refractivity contribution in [3.63, 3.8) is 0 Å². The van der Waals surface area contributed by atoms with Crippen molar-refractivity contribution in [1.82, 2.24) is 9.66 Å². The predicted molar refractivity (Wildman–Crippen MR) is 163 cm³/mol. The van der Waals surface area contributed by atoms with E-state index in [1.165, 1.54) is 15.4 Å². The summed E-state index contributed by atoms with van der Waals surface area (Å²) in [5.74, 6) is 1.33. The minimum Gasteiger partial charge on any atom is -0.488 e. The molecule has 5 aromatic carbocycles. The molecule has 0 saturated carbocycles. The highest BCUT2D eigenvalue weighted by Crippen LogP contribution is 2.29. The van der Waals surface area contributed by atoms with Gasteiger partial charge in [-0.3, -0.25) is 4.79 Å². The van der Waals surface area contributed by atoms with E-state index in [0.717, 1.165) is 32.8 Å². The molecule has 39 heavy (non-hydrogen) atoms. The molecule has 0 fully saturated rings. The summed E-state index contributed by atoms with van der Waals surface area (Å²) < 4.78 is 8.67. The number of benzene rings is 5. The molecule has 6 heteroatoms. The van der Waals surface area contributed by atoms with Crippen molar-refractivity contribution < 1.29 is 4.74 Å². The first kappa shape index (κ1) is 25.0. The van der Waals surface area contributed by atoms with E-state index >= 15 is 0 Å². The van der Waals surface area contributed by atoms with Crippen LogP contribution in [0.5, 0.6) is 5.75 Å². The van der Waals surface area contributed by atoms with Crippen molar-refractivity contribution in [3.05, 3.63) is 129 Å². The van der Waals surface area contributed by atoms with Crippen LogP contribution in [-0.4, -0.2) is 15.9 Å². The van der Waals surface area contributed by atoms with Crippen molar-refractivity contribution in [2.24, 2.45) is 5.10 Å². The highest BCUT2D eigenvalue weighted by atomic mass is 79.9. The summed E-state index contributed by atoms with van der Waals surface area (Å²) in [6.07, 6.45) is 3.21. The molecule has 0 radical (unpaired) electrons. The molecule has 0 aliphatic carbocycles. The SMILES string of the molecule is CCCc1nc2ccc(Br)cc2c(=O)n1N=Cc1c(OCc2cccc3ccccc23)ccc2ccccc12. The Morgan fingerprint density at radius 3 is 2.44 bits per heavy atom. The molecule has 0 amide bonds. The number of aromatic nitrogens is 2. The normalized spacial score (nSPS) is 11.6. The molecule has 0 atom stereocenters. The summed E-state index contributed by atoms with van der Waals surface area (Å²) in [7, 11) is 0. The predicted octanol–water partition coefficient (Wildman–Crippen LogP) is 7.88. The molecule has 0 aliphatic heterocycles. The summed E-state index contributed by atoms with van der Waals surface area (Å²) in [5.41, 5.74) is 2.40. The number of hydrogen-bond donors (Lipinski definition) is 0. The minimum atomic E-state index is -0.195. The van der Waals surface area contributed by atoms with Crippen LogP contribution in [0.3, 0.4) is 0 Å². The van der Waals surface area contributed by atoms with Crippen LogP contribution in [0.2, 0.25) is 0 Å². The average molecular weight is 576 g/mol. The number of rotatable bonds is 7. The number of nitrogens with zero attached hydrogens (tertiary/aromatic N) is 3. The maximum Gasteiger partial charge on any atom is 0.282 e. The van der Waals surface area contributed by atoms with Crippen LogP contribution < -0.4 is 10.3 Å². The molecule has 1 aromatic heterocycles. The zero-order valence-electron chi connectivity index (χ0n) is 21.5. The standard InChI is InChI=1S/C33H26BrN3O2/c1-2-8-32-36-30-17-16-25(34)19-28(30)33(38)37(32)35-20-29-27-14-6-4-10-23(27)15-18-31(29)39-21-24-12-7-11-22-9-3-5-13-26(22)24/h3-7,9-20H,2,8,21H2,1H3. The molecular formula is C33H26BrN3O2. The van der Waals surface area contributed by atoms with Crippen LogP contribution >= 0.6 is 15.9 Å². The first-order valence-electron chi connectivity index (χ1n) is 13.0. The summed E-state index contributed by atoms with van der Waals surface area (Å²) in [6, 6.07) is 32.2. The Balaban J connectivity index is 1.45. The lowest BCUT2D eigenvalue weighted by molar-refractivity contribution is 0.307. The third-order valence-electron chi connectivity index (χ3n) is 6.85. The van der Waals surface area contributed by atoms with E-state index in [4.69, 9.17) is 14.8 Å². The van der Waals surface area contributed by atoms with Gasteiger partial charge in [0.1, 0.15) is 18.2 Å². The second kappa shape index (κ2) is 10.8. The van der Waals surface area contributed by atoms with E-state index in [0.29, 0.717) is 35.5 Å². The van der Waals surface area contributed by atoms with Gasteiger partial charge < -0.3 is 4.74 Å². The first-order chi connectivity index (χ1) is 19.1. The molecule has 0 saturated heterocycles. The molecule has 0 bridgehead atoms. The molecule has 0 N–H and O–H groups in total. The highest BCUT2D eigenvalue weighted by molar-refractivity contribution is 9.10. The van der Waals surface area contributed by atoms with E-state index < -0.39 is 0 Å². The van der Waals surface area contributed by atoms with Gasteiger partial charge in [-0.05, 0) is 57.8 Å². The molecule has 1 heterocycles. The second-order valence-electron chi connectivity index (χ2n) is 9.43. The fraction of sp³-hybridized carbons (Fsp3) is 0.121. The van der Waals surface area contributed by atoms with Gasteiger partial charge >= 0.3 is 0 Å². The van der Waals surface area contributed by atoms with Crippen LogP contribution in [-0.2, 0) is 13.0 Å². The Bertz CT molecular complexity index is 1920. The summed E-state index contributed by atoms with van der Waals surface area (Å²) in [5, 5.41) is 9.64. The van der Waals surface area contributed by atoms with E-state index in [2.05, 4.69) is 65.3 Å². The molecule has 5 nitrogen and oxygen atoms in total. The summed E-state index contributed by atoms with van der Waals surface area (Å²) in [6.45, 7) is 2.48. The zero-order valence-corrected chi connectivity index (χ0v) is 23.1. The fourth-order valence-corrected chi connectivity index (χ4v) is 5.28. The second-order valence-corrected chi connectivity index (χ2v) is 10.3. The molecular weight excluding hydrogens is 550 g/mol. The number of fused-ring (bicyclic) bond motifs is 3. The first-order valence-corrected chi connectivity index (χ1v) is 13.8. The van der Waals surface area contributed by atoms with Gasteiger partial charge in [0.2, 0.25) is 0 Å². The lowest BCUT2D eigenvalue weighted by Crippen LogP contribution is -2.22. The van der Waals surface area contributed by atoms with Gasteiger partial charge in [0, 0.05) is 16.5 Å². The van der Waals surface area contributed by atoms with Crippen LogP contribution in [0.15, 0.2) is 111 Å². The van der Waals surface area contributed by atoms with Crippen LogP contribution in [0.1, 0.15) is 30.3 Å². The van der Waals surface area contributed by atoms with E-state index in [1.807, 2.05) is 48.5 Å². The van der Waals surface area contributed by atoms with Crippen molar-refractivity contribution in [2.45, 2.75) is 26.4 Å². The molecule has 0 unspecified atom stereocenters. The maximum atomic E-state index is 13.5. The van der Waals surface area contributed by atoms with Crippen LogP contribution in [0.25, 0.3) is 32.4 Å². The number of ether oxygens (including phenoxy) is 1. The lowest BCUT2D eigenvalue weighted by Gasteiger charge is -2.14. The van der Waals surface area contributed by atoms with Crippen LogP contribution in [0, 0.1) is 0 Å². The molecule has 6 rings (SSSR count). The Morgan fingerprint density at radius 1 is 0.872 bits per heavy atom. The Morgan fingerprint density at radius 2 is 1.62 bits per heavy atom. The van der Waals surface area contributed by atoms with Gasteiger partial charge in [-0.15, -0.1) is 0 Å². The smallest absolute Gasteiger partial charge is 0.282 e. The highest BCUT2D eigenvalue weighted by Gasteiger charge is 2.13. The topological polar surface area (TPSA) is 56.5 Å². The fourth-order valence-electron chi connectivity index (χ4n) is 4.92. The third-order valence-corrected chi connectivity index (χ3v) is 7.34. The van der Waals surface area contributed by atoms with Gasteiger partial charge in [-0.1, -0.05) is 95.7 Å². The third kappa shape index (κ3) is 4.95. The van der Waals surface area contributed by atoms with Crippen molar-refractivity contribution in [2.75, 3.05) is 0 Å². The number of hydrogen-bond acceptors (Lipinski definition) is 4. The quantitative estimate of drug-likeness (QED) is 0.182. The van der Waals surface area contributed by atoms with Crippen LogP contribution in [0.4, 0.5) is 0 Å². The Labute approximate surface area is 234 Å². The van der Waals surface area contributed by atoms with E-state index in [9.17, 15) is 4.79 Å². The van der Waals surface area contributed by atoms with Gasteiger partial charge in [-0.25, -0.2) is 4.98 Å². The zero-order chi connectivity index (χ0) is 26.8. The number of aryl methyl sites for hydroxylation is 1.